The van der Waals surface area contributed by atoms with Crippen molar-refractivity contribution in [3.8, 4) is 5.75 Å². The van der Waals surface area contributed by atoms with E-state index in [4.69, 9.17) is 21.5 Å². The van der Waals surface area contributed by atoms with E-state index < -0.39 is 10.0 Å². The van der Waals surface area contributed by atoms with Gasteiger partial charge in [0.1, 0.15) is 5.75 Å². The number of benzene rings is 1. The SMILES string of the molecule is Cc1cc(OCC(C)CS(N)(=O)=O)ccc1Cl. The second kappa shape index (κ2) is 5.71. The molecule has 0 aliphatic carbocycles. The van der Waals surface area contributed by atoms with Crippen molar-refractivity contribution in [2.45, 2.75) is 13.8 Å². The Bertz CT molecular complexity index is 487. The van der Waals surface area contributed by atoms with Gasteiger partial charge in [0.05, 0.1) is 12.4 Å². The summed E-state index contributed by atoms with van der Waals surface area (Å²) in [7, 11) is -3.44. The standard InChI is InChI=1S/C11H16ClNO3S/c1-8(7-17(13,14)15)6-16-10-3-4-11(12)9(2)5-10/h3-5,8H,6-7H2,1-2H3,(H2,13,14,15). The maximum Gasteiger partial charge on any atom is 0.209 e. The van der Waals surface area contributed by atoms with Crippen LogP contribution in [0.25, 0.3) is 0 Å². The van der Waals surface area contributed by atoms with E-state index in [9.17, 15) is 8.42 Å². The molecule has 2 N–H and O–H groups in total. The van der Waals surface area contributed by atoms with Crippen molar-refractivity contribution in [2.24, 2.45) is 11.1 Å². The molecule has 0 amide bonds. The summed E-state index contributed by atoms with van der Waals surface area (Å²) in [5.41, 5.74) is 0.920. The Labute approximate surface area is 107 Å². The van der Waals surface area contributed by atoms with Crippen molar-refractivity contribution in [2.75, 3.05) is 12.4 Å². The molecule has 1 aromatic carbocycles. The maximum atomic E-state index is 10.9. The monoisotopic (exact) mass is 277 g/mol. The molecule has 1 rings (SSSR count). The molecule has 0 aromatic heterocycles. The minimum atomic E-state index is -3.44. The second-order valence-corrected chi connectivity index (χ2v) is 6.22. The first-order valence-corrected chi connectivity index (χ1v) is 7.26. The number of halogens is 1. The highest BCUT2D eigenvalue weighted by atomic mass is 35.5. The number of aryl methyl sites for hydroxylation is 1. The van der Waals surface area contributed by atoms with Gasteiger partial charge in [0.2, 0.25) is 10.0 Å². The van der Waals surface area contributed by atoms with Crippen LogP contribution >= 0.6 is 11.6 Å². The fourth-order valence-corrected chi connectivity index (χ4v) is 2.40. The zero-order chi connectivity index (χ0) is 13.1. The predicted molar refractivity (Wildman–Crippen MR) is 68.8 cm³/mol. The van der Waals surface area contributed by atoms with Crippen LogP contribution in [0.15, 0.2) is 18.2 Å². The van der Waals surface area contributed by atoms with Gasteiger partial charge in [-0.15, -0.1) is 0 Å². The third-order valence-electron chi connectivity index (χ3n) is 2.18. The lowest BCUT2D eigenvalue weighted by Crippen LogP contribution is -2.25. The molecule has 0 saturated heterocycles. The van der Waals surface area contributed by atoms with Gasteiger partial charge in [0.15, 0.2) is 0 Å². The third-order valence-corrected chi connectivity index (χ3v) is 3.64. The summed E-state index contributed by atoms with van der Waals surface area (Å²) < 4.78 is 27.2. The summed E-state index contributed by atoms with van der Waals surface area (Å²) in [5, 5.41) is 5.62. The lowest BCUT2D eigenvalue weighted by Gasteiger charge is -2.12. The van der Waals surface area contributed by atoms with Crippen molar-refractivity contribution in [3.05, 3.63) is 28.8 Å². The van der Waals surface area contributed by atoms with Crippen LogP contribution in [0.4, 0.5) is 0 Å². The Kier molecular flexibility index (Phi) is 4.80. The zero-order valence-electron chi connectivity index (χ0n) is 9.81. The molecule has 1 atom stereocenters. The van der Waals surface area contributed by atoms with Crippen LogP contribution < -0.4 is 9.88 Å². The molecule has 0 bridgehead atoms. The van der Waals surface area contributed by atoms with Crippen molar-refractivity contribution in [3.63, 3.8) is 0 Å². The van der Waals surface area contributed by atoms with Crippen molar-refractivity contribution in [1.82, 2.24) is 0 Å². The van der Waals surface area contributed by atoms with E-state index in [1.165, 1.54) is 0 Å². The predicted octanol–water partition coefficient (Wildman–Crippen LogP) is 1.95. The third kappa shape index (κ3) is 5.39. The van der Waals surface area contributed by atoms with Gasteiger partial charge in [0.25, 0.3) is 0 Å². The molecule has 17 heavy (non-hydrogen) atoms. The molecule has 0 fully saturated rings. The summed E-state index contributed by atoms with van der Waals surface area (Å²) in [6.45, 7) is 3.95. The Morgan fingerprint density at radius 3 is 2.65 bits per heavy atom. The van der Waals surface area contributed by atoms with E-state index in [0.717, 1.165) is 5.56 Å². The highest BCUT2D eigenvalue weighted by molar-refractivity contribution is 7.89. The molecule has 0 heterocycles. The summed E-state index contributed by atoms with van der Waals surface area (Å²) >= 11 is 5.88. The summed E-state index contributed by atoms with van der Waals surface area (Å²) in [5.74, 6) is 0.439. The van der Waals surface area contributed by atoms with Gasteiger partial charge < -0.3 is 4.74 Å². The number of ether oxygens (including phenoxy) is 1. The van der Waals surface area contributed by atoms with Gasteiger partial charge in [-0.05, 0) is 30.7 Å². The first-order chi connectivity index (χ1) is 7.78. The average molecular weight is 278 g/mol. The van der Waals surface area contributed by atoms with Crippen LogP contribution in [0.5, 0.6) is 5.75 Å². The first-order valence-electron chi connectivity index (χ1n) is 5.17. The van der Waals surface area contributed by atoms with Gasteiger partial charge in [0, 0.05) is 10.9 Å². The number of rotatable bonds is 5. The normalized spacial score (nSPS) is 13.4. The van der Waals surface area contributed by atoms with Gasteiger partial charge in [-0.3, -0.25) is 0 Å². The first kappa shape index (κ1) is 14.3. The summed E-state index contributed by atoms with van der Waals surface area (Å²) in [6, 6.07) is 5.31. The van der Waals surface area contributed by atoms with Crippen molar-refractivity contribution in [1.29, 1.82) is 0 Å². The molecule has 0 aliphatic rings. The van der Waals surface area contributed by atoms with Gasteiger partial charge >= 0.3 is 0 Å². The fourth-order valence-electron chi connectivity index (χ4n) is 1.39. The Hall–Kier alpha value is -0.780. The lowest BCUT2D eigenvalue weighted by atomic mass is 10.2. The van der Waals surface area contributed by atoms with Gasteiger partial charge in [-0.25, -0.2) is 13.6 Å². The average Bonchev–Trinajstić information content (AvgIpc) is 2.17. The van der Waals surface area contributed by atoms with Crippen LogP contribution in [0.3, 0.4) is 0 Å². The van der Waals surface area contributed by atoms with Crippen molar-refractivity contribution < 1.29 is 13.2 Å². The number of hydrogen-bond acceptors (Lipinski definition) is 3. The van der Waals surface area contributed by atoms with Crippen molar-refractivity contribution >= 4 is 21.6 Å². The van der Waals surface area contributed by atoms with E-state index in [-0.39, 0.29) is 11.7 Å². The molecule has 4 nitrogen and oxygen atoms in total. The molecule has 1 unspecified atom stereocenters. The van der Waals surface area contributed by atoms with E-state index in [1.807, 2.05) is 13.0 Å². The molecule has 0 radical (unpaired) electrons. The second-order valence-electron chi connectivity index (χ2n) is 4.16. The Morgan fingerprint density at radius 2 is 2.12 bits per heavy atom. The number of nitrogens with two attached hydrogens (primary N) is 1. The molecular weight excluding hydrogens is 262 g/mol. The Morgan fingerprint density at radius 1 is 1.47 bits per heavy atom. The van der Waals surface area contributed by atoms with E-state index in [1.54, 1.807) is 19.1 Å². The van der Waals surface area contributed by atoms with E-state index in [2.05, 4.69) is 0 Å². The molecule has 96 valence electrons. The zero-order valence-corrected chi connectivity index (χ0v) is 11.4. The topological polar surface area (TPSA) is 69.4 Å². The summed E-state index contributed by atoms with van der Waals surface area (Å²) in [4.78, 5) is 0. The molecule has 0 aliphatic heterocycles. The maximum absolute atomic E-state index is 10.9. The minimum Gasteiger partial charge on any atom is -0.493 e. The molecule has 0 spiro atoms. The summed E-state index contributed by atoms with van der Waals surface area (Å²) in [6.07, 6.45) is 0. The van der Waals surface area contributed by atoms with Gasteiger partial charge in [-0.1, -0.05) is 18.5 Å². The minimum absolute atomic E-state index is 0.0838. The molecule has 0 saturated carbocycles. The highest BCUT2D eigenvalue weighted by Gasteiger charge is 2.11. The van der Waals surface area contributed by atoms with E-state index in [0.29, 0.717) is 17.4 Å². The van der Waals surface area contributed by atoms with Crippen LogP contribution in [-0.2, 0) is 10.0 Å². The van der Waals surface area contributed by atoms with E-state index >= 15 is 0 Å². The van der Waals surface area contributed by atoms with Gasteiger partial charge in [-0.2, -0.15) is 0 Å². The van der Waals surface area contributed by atoms with Crippen LogP contribution in [0, 0.1) is 12.8 Å². The van der Waals surface area contributed by atoms with Crippen LogP contribution in [0.1, 0.15) is 12.5 Å². The molecule has 1 aromatic rings. The number of primary sulfonamides is 1. The van der Waals surface area contributed by atoms with Crippen LogP contribution in [-0.4, -0.2) is 20.8 Å². The number of sulfonamides is 1. The van der Waals surface area contributed by atoms with Crippen LogP contribution in [0.2, 0.25) is 5.02 Å². The fraction of sp³-hybridized carbons (Fsp3) is 0.455. The largest absolute Gasteiger partial charge is 0.493 e. The lowest BCUT2D eigenvalue weighted by molar-refractivity contribution is 0.271. The quantitative estimate of drug-likeness (QED) is 0.894. The molecular formula is C11H16ClNO3S. The Balaban J connectivity index is 2.53. The molecule has 6 heteroatoms. The number of hydrogen-bond donors (Lipinski definition) is 1. The highest BCUT2D eigenvalue weighted by Crippen LogP contribution is 2.21. The smallest absolute Gasteiger partial charge is 0.209 e.